The van der Waals surface area contributed by atoms with Gasteiger partial charge in [0.1, 0.15) is 17.2 Å². The summed E-state index contributed by atoms with van der Waals surface area (Å²) in [6.07, 6.45) is 0. The maximum Gasteiger partial charge on any atom is 0.285 e. The highest BCUT2D eigenvalue weighted by atomic mass is 35.5. The smallest absolute Gasteiger partial charge is 0.285 e. The quantitative estimate of drug-likeness (QED) is 0.602. The molecule has 1 amide bonds. The summed E-state index contributed by atoms with van der Waals surface area (Å²) in [6.45, 7) is -0.240. The predicted molar refractivity (Wildman–Crippen MR) is 125 cm³/mol. The van der Waals surface area contributed by atoms with Crippen LogP contribution in [0, 0.1) is 0 Å². The van der Waals surface area contributed by atoms with Crippen LogP contribution >= 0.6 is 23.4 Å². The molecule has 2 heterocycles. The summed E-state index contributed by atoms with van der Waals surface area (Å²) in [5.41, 5.74) is 0.519. The number of hydrogen-bond donors (Lipinski definition) is 0. The van der Waals surface area contributed by atoms with Gasteiger partial charge in [0, 0.05) is 11.3 Å². The van der Waals surface area contributed by atoms with Crippen molar-refractivity contribution in [1.82, 2.24) is 0 Å². The molecule has 0 aromatic heterocycles. The number of carbonyl (C=O) groups is 1. The van der Waals surface area contributed by atoms with Crippen molar-refractivity contribution in [3.8, 4) is 17.2 Å². The first-order valence-corrected chi connectivity index (χ1v) is 12.8. The molecule has 0 saturated carbocycles. The standard InChI is InChI=1S/C21H21ClN2O6S2/c1-28-17-9-18(29-2)15(8-14(17)22)24-16-11-32(26,27)12-19(16)31-21(24)23-20(25)10-30-13-6-4-3-5-7-13/h3-9,16,19H,10-12H2,1-2H3/t16-,19+/m0/s1. The Kier molecular flexibility index (Phi) is 6.55. The van der Waals surface area contributed by atoms with E-state index in [1.54, 1.807) is 29.2 Å². The SMILES string of the molecule is COc1cc(OC)c(N2C(=NC(=O)COc3ccccc3)S[C@@H]3CS(=O)(=O)C[C@@H]32)cc1Cl. The Labute approximate surface area is 195 Å². The lowest BCUT2D eigenvalue weighted by Gasteiger charge is -2.26. The molecule has 4 rings (SSSR count). The summed E-state index contributed by atoms with van der Waals surface area (Å²) in [7, 11) is -0.229. The fourth-order valence-corrected chi connectivity index (χ4v) is 7.84. The van der Waals surface area contributed by atoms with Gasteiger partial charge in [-0.1, -0.05) is 41.6 Å². The van der Waals surface area contributed by atoms with Crippen molar-refractivity contribution in [3.63, 3.8) is 0 Å². The Bertz CT molecular complexity index is 1160. The first kappa shape index (κ1) is 22.8. The molecule has 170 valence electrons. The lowest BCUT2D eigenvalue weighted by atomic mass is 10.2. The number of sulfone groups is 1. The van der Waals surface area contributed by atoms with Crippen LogP contribution in [0.1, 0.15) is 0 Å². The van der Waals surface area contributed by atoms with Crippen molar-refractivity contribution in [2.45, 2.75) is 11.3 Å². The van der Waals surface area contributed by atoms with E-state index in [2.05, 4.69) is 4.99 Å². The number of amidine groups is 1. The second kappa shape index (κ2) is 9.21. The number of para-hydroxylation sites is 1. The molecular weight excluding hydrogens is 476 g/mol. The monoisotopic (exact) mass is 496 g/mol. The first-order valence-electron chi connectivity index (χ1n) is 9.68. The molecule has 32 heavy (non-hydrogen) atoms. The fourth-order valence-electron chi connectivity index (χ4n) is 3.68. The van der Waals surface area contributed by atoms with Crippen LogP contribution in [0.25, 0.3) is 0 Å². The molecule has 2 aromatic carbocycles. The minimum Gasteiger partial charge on any atom is -0.495 e. The number of benzene rings is 2. The molecule has 0 unspecified atom stereocenters. The summed E-state index contributed by atoms with van der Waals surface area (Å²) in [5.74, 6) is 0.883. The zero-order chi connectivity index (χ0) is 22.9. The average Bonchev–Trinajstić information content (AvgIpc) is 3.23. The highest BCUT2D eigenvalue weighted by Crippen LogP contribution is 2.46. The zero-order valence-electron chi connectivity index (χ0n) is 17.4. The van der Waals surface area contributed by atoms with Gasteiger partial charge in [-0.15, -0.1) is 0 Å². The third-order valence-corrected chi connectivity index (χ3v) is 8.61. The van der Waals surface area contributed by atoms with E-state index < -0.39 is 21.8 Å². The van der Waals surface area contributed by atoms with Gasteiger partial charge in [0.2, 0.25) is 0 Å². The van der Waals surface area contributed by atoms with Gasteiger partial charge in [-0.05, 0) is 18.2 Å². The molecule has 0 spiro atoms. The van der Waals surface area contributed by atoms with Gasteiger partial charge in [0.15, 0.2) is 21.6 Å². The average molecular weight is 497 g/mol. The number of halogens is 1. The Morgan fingerprint density at radius 1 is 1.16 bits per heavy atom. The number of aliphatic imine (C=N–C) groups is 1. The third-order valence-electron chi connectivity index (χ3n) is 5.11. The topological polar surface area (TPSA) is 94.5 Å². The number of anilines is 1. The van der Waals surface area contributed by atoms with Crippen LogP contribution in [0.15, 0.2) is 47.5 Å². The van der Waals surface area contributed by atoms with Crippen LogP contribution in [0.3, 0.4) is 0 Å². The fraction of sp³-hybridized carbons (Fsp3) is 0.333. The summed E-state index contributed by atoms with van der Waals surface area (Å²) in [6, 6.07) is 11.8. The van der Waals surface area contributed by atoms with Crippen molar-refractivity contribution in [2.24, 2.45) is 4.99 Å². The van der Waals surface area contributed by atoms with Crippen molar-refractivity contribution < 1.29 is 27.4 Å². The Morgan fingerprint density at radius 3 is 2.56 bits per heavy atom. The summed E-state index contributed by atoms with van der Waals surface area (Å²) >= 11 is 7.61. The molecule has 0 N–H and O–H groups in total. The van der Waals surface area contributed by atoms with Crippen molar-refractivity contribution in [2.75, 3.05) is 37.2 Å². The number of hydrogen-bond acceptors (Lipinski definition) is 7. The van der Waals surface area contributed by atoms with Crippen LogP contribution in [-0.2, 0) is 14.6 Å². The van der Waals surface area contributed by atoms with E-state index >= 15 is 0 Å². The lowest BCUT2D eigenvalue weighted by Crippen LogP contribution is -2.38. The van der Waals surface area contributed by atoms with Crippen molar-refractivity contribution >= 4 is 50.0 Å². The predicted octanol–water partition coefficient (Wildman–Crippen LogP) is 3.04. The van der Waals surface area contributed by atoms with Crippen molar-refractivity contribution in [1.29, 1.82) is 0 Å². The van der Waals surface area contributed by atoms with E-state index in [-0.39, 0.29) is 23.4 Å². The normalized spacial score (nSPS) is 22.6. The molecule has 8 nitrogen and oxygen atoms in total. The largest absolute Gasteiger partial charge is 0.495 e. The maximum absolute atomic E-state index is 12.6. The highest BCUT2D eigenvalue weighted by molar-refractivity contribution is 8.16. The Balaban J connectivity index is 1.67. The summed E-state index contributed by atoms with van der Waals surface area (Å²) in [4.78, 5) is 18.5. The second-order valence-corrected chi connectivity index (χ2v) is 11.0. The van der Waals surface area contributed by atoms with E-state index in [1.165, 1.54) is 26.0 Å². The maximum atomic E-state index is 12.6. The molecule has 2 atom stereocenters. The van der Waals surface area contributed by atoms with Crippen LogP contribution in [0.2, 0.25) is 5.02 Å². The number of thioether (sulfide) groups is 1. The van der Waals surface area contributed by atoms with E-state index in [1.807, 2.05) is 18.2 Å². The Hall–Kier alpha value is -2.43. The summed E-state index contributed by atoms with van der Waals surface area (Å²) < 4.78 is 40.8. The Morgan fingerprint density at radius 2 is 1.88 bits per heavy atom. The number of nitrogens with zero attached hydrogens (tertiary/aromatic N) is 2. The molecular formula is C21H21ClN2O6S2. The lowest BCUT2D eigenvalue weighted by molar-refractivity contribution is -0.119. The summed E-state index contributed by atoms with van der Waals surface area (Å²) in [5, 5.41) is 0.457. The number of methoxy groups -OCH3 is 2. The van der Waals surface area contributed by atoms with Gasteiger partial charge in [-0.3, -0.25) is 4.79 Å². The van der Waals surface area contributed by atoms with Crippen LogP contribution in [0.5, 0.6) is 17.2 Å². The number of fused-ring (bicyclic) bond motifs is 1. The van der Waals surface area contributed by atoms with Gasteiger partial charge in [0.05, 0.1) is 42.5 Å². The van der Waals surface area contributed by atoms with Gasteiger partial charge >= 0.3 is 0 Å². The van der Waals surface area contributed by atoms with Crippen molar-refractivity contribution in [3.05, 3.63) is 47.5 Å². The second-order valence-electron chi connectivity index (χ2n) is 7.22. The molecule has 0 aliphatic carbocycles. The van der Waals surface area contributed by atoms with E-state index in [4.69, 9.17) is 25.8 Å². The third kappa shape index (κ3) is 4.67. The number of amides is 1. The molecule has 2 fully saturated rings. The van der Waals surface area contributed by atoms with Crippen LogP contribution < -0.4 is 19.1 Å². The van der Waals surface area contributed by atoms with Crippen LogP contribution in [-0.4, -0.2) is 63.1 Å². The van der Waals surface area contributed by atoms with Crippen LogP contribution in [0.4, 0.5) is 5.69 Å². The number of carbonyl (C=O) groups excluding carboxylic acids is 1. The van der Waals surface area contributed by atoms with Gasteiger partial charge in [-0.2, -0.15) is 4.99 Å². The molecule has 0 radical (unpaired) electrons. The molecule has 2 aliphatic heterocycles. The van der Waals surface area contributed by atoms with Gasteiger partial charge < -0.3 is 19.1 Å². The minimum absolute atomic E-state index is 0.0127. The van der Waals surface area contributed by atoms with E-state index in [9.17, 15) is 13.2 Å². The molecule has 11 heteroatoms. The van der Waals surface area contributed by atoms with E-state index in [0.29, 0.717) is 33.1 Å². The van der Waals surface area contributed by atoms with Gasteiger partial charge in [-0.25, -0.2) is 8.42 Å². The molecule has 0 bridgehead atoms. The molecule has 2 saturated heterocycles. The number of ether oxygens (including phenoxy) is 3. The van der Waals surface area contributed by atoms with Gasteiger partial charge in [0.25, 0.3) is 5.91 Å². The van der Waals surface area contributed by atoms with E-state index in [0.717, 1.165) is 0 Å². The number of rotatable bonds is 6. The highest BCUT2D eigenvalue weighted by Gasteiger charge is 2.50. The minimum atomic E-state index is -3.21. The molecule has 2 aliphatic rings. The molecule has 2 aromatic rings. The zero-order valence-corrected chi connectivity index (χ0v) is 19.7. The first-order chi connectivity index (χ1) is 15.3.